The lowest BCUT2D eigenvalue weighted by molar-refractivity contribution is -0.386. The van der Waals surface area contributed by atoms with E-state index in [2.05, 4.69) is 25.7 Å². The van der Waals surface area contributed by atoms with Crippen molar-refractivity contribution in [2.75, 3.05) is 7.11 Å². The zero-order valence-corrected chi connectivity index (χ0v) is 10.6. The number of alkyl halides is 2. The number of pyridine rings is 1. The lowest BCUT2D eigenvalue weighted by atomic mass is 10.2. The Morgan fingerprint density at radius 1 is 1.67 bits per heavy atom. The molecule has 1 aromatic heterocycles. The predicted octanol–water partition coefficient (Wildman–Crippen LogP) is 2.41. The molecule has 98 valence electrons. The van der Waals surface area contributed by atoms with Crippen LogP contribution in [0.4, 0.5) is 14.5 Å². The van der Waals surface area contributed by atoms with Gasteiger partial charge in [0.25, 0.3) is 12.1 Å². The molecule has 6 nitrogen and oxygen atoms in total. The number of methoxy groups -OCH3 is 1. The van der Waals surface area contributed by atoms with Crippen molar-refractivity contribution < 1.29 is 23.2 Å². The third kappa shape index (κ3) is 3.19. The van der Waals surface area contributed by atoms with Crippen molar-refractivity contribution in [3.63, 3.8) is 0 Å². The SMILES string of the molecule is COC(=O)Cc1cc([N+](=O)[O-])c(C(F)F)c(Br)n1. The van der Waals surface area contributed by atoms with Gasteiger partial charge in [-0.05, 0) is 15.9 Å². The quantitative estimate of drug-likeness (QED) is 0.367. The maximum Gasteiger partial charge on any atom is 0.311 e. The number of hydrogen-bond acceptors (Lipinski definition) is 5. The van der Waals surface area contributed by atoms with Crippen LogP contribution in [0.25, 0.3) is 0 Å². The molecule has 1 heterocycles. The first-order valence-corrected chi connectivity index (χ1v) is 5.34. The molecule has 1 rings (SSSR count). The normalized spacial score (nSPS) is 10.5. The van der Waals surface area contributed by atoms with Crippen LogP contribution in [0, 0.1) is 10.1 Å². The molecule has 0 aliphatic carbocycles. The largest absolute Gasteiger partial charge is 0.469 e. The van der Waals surface area contributed by atoms with E-state index in [0.29, 0.717) is 0 Å². The summed E-state index contributed by atoms with van der Waals surface area (Å²) in [5.74, 6) is -0.673. The highest BCUT2D eigenvalue weighted by molar-refractivity contribution is 9.10. The smallest absolute Gasteiger partial charge is 0.311 e. The van der Waals surface area contributed by atoms with Gasteiger partial charge in [-0.2, -0.15) is 0 Å². The first-order chi connectivity index (χ1) is 8.36. The minimum atomic E-state index is -3.04. The molecular formula is C9H7BrF2N2O4. The number of nitrogens with zero attached hydrogens (tertiary/aromatic N) is 2. The van der Waals surface area contributed by atoms with Crippen molar-refractivity contribution in [1.29, 1.82) is 0 Å². The number of ether oxygens (including phenoxy) is 1. The van der Waals surface area contributed by atoms with E-state index in [0.717, 1.165) is 13.2 Å². The zero-order chi connectivity index (χ0) is 13.9. The number of aromatic nitrogens is 1. The summed E-state index contributed by atoms with van der Waals surface area (Å²) in [6.07, 6.45) is -3.38. The molecule has 0 unspecified atom stereocenters. The predicted molar refractivity (Wildman–Crippen MR) is 59.3 cm³/mol. The highest BCUT2D eigenvalue weighted by atomic mass is 79.9. The van der Waals surface area contributed by atoms with Crippen molar-refractivity contribution in [2.45, 2.75) is 12.8 Å². The molecule has 0 atom stereocenters. The molecule has 0 aromatic carbocycles. The van der Waals surface area contributed by atoms with Gasteiger partial charge in [-0.25, -0.2) is 13.8 Å². The van der Waals surface area contributed by atoms with Crippen LogP contribution in [0.1, 0.15) is 17.7 Å². The Balaban J connectivity index is 3.28. The second kappa shape index (κ2) is 5.80. The number of halogens is 3. The van der Waals surface area contributed by atoms with Crippen molar-refractivity contribution >= 4 is 27.6 Å². The van der Waals surface area contributed by atoms with Gasteiger partial charge in [0.05, 0.1) is 24.1 Å². The second-order valence-corrected chi connectivity index (χ2v) is 3.90. The van der Waals surface area contributed by atoms with Crippen LogP contribution in [-0.4, -0.2) is 23.0 Å². The molecular weight excluding hydrogens is 318 g/mol. The Morgan fingerprint density at radius 3 is 2.72 bits per heavy atom. The third-order valence-electron chi connectivity index (χ3n) is 2.01. The standard InChI is InChI=1S/C9H7BrF2N2O4/c1-18-6(15)3-4-2-5(14(16)17)7(9(11)12)8(10)13-4/h2,9H,3H2,1H3. The fourth-order valence-electron chi connectivity index (χ4n) is 1.22. The number of esters is 1. The zero-order valence-electron chi connectivity index (χ0n) is 9.02. The van der Waals surface area contributed by atoms with Crippen LogP contribution >= 0.6 is 15.9 Å². The molecule has 18 heavy (non-hydrogen) atoms. The molecule has 0 spiro atoms. The topological polar surface area (TPSA) is 82.3 Å². The van der Waals surface area contributed by atoms with Crippen LogP contribution in [0.3, 0.4) is 0 Å². The van der Waals surface area contributed by atoms with E-state index in [1.54, 1.807) is 0 Å². The van der Waals surface area contributed by atoms with Crippen LogP contribution in [0.5, 0.6) is 0 Å². The van der Waals surface area contributed by atoms with Crippen molar-refractivity contribution in [1.82, 2.24) is 4.98 Å². The van der Waals surface area contributed by atoms with E-state index < -0.39 is 28.6 Å². The van der Waals surface area contributed by atoms with Gasteiger partial charge in [-0.3, -0.25) is 14.9 Å². The lowest BCUT2D eigenvalue weighted by Gasteiger charge is -2.06. The fourth-order valence-corrected chi connectivity index (χ4v) is 1.83. The van der Waals surface area contributed by atoms with Crippen LogP contribution in [-0.2, 0) is 16.0 Å². The fraction of sp³-hybridized carbons (Fsp3) is 0.333. The Morgan fingerprint density at radius 2 is 2.28 bits per heavy atom. The number of nitro groups is 1. The molecule has 0 saturated carbocycles. The first-order valence-electron chi connectivity index (χ1n) is 4.55. The molecule has 0 amide bonds. The van der Waals surface area contributed by atoms with E-state index >= 15 is 0 Å². The number of rotatable bonds is 4. The summed E-state index contributed by atoms with van der Waals surface area (Å²) in [7, 11) is 1.14. The second-order valence-electron chi connectivity index (χ2n) is 3.15. The van der Waals surface area contributed by atoms with E-state index in [4.69, 9.17) is 0 Å². The van der Waals surface area contributed by atoms with E-state index in [1.165, 1.54) is 0 Å². The van der Waals surface area contributed by atoms with Gasteiger partial charge in [0.2, 0.25) is 0 Å². The van der Waals surface area contributed by atoms with Crippen molar-refractivity contribution in [3.05, 3.63) is 32.0 Å². The summed E-state index contributed by atoms with van der Waals surface area (Å²) in [4.78, 5) is 24.4. The molecule has 0 aliphatic heterocycles. The highest BCUT2D eigenvalue weighted by Crippen LogP contribution is 2.34. The molecule has 9 heteroatoms. The van der Waals surface area contributed by atoms with Crippen LogP contribution < -0.4 is 0 Å². The molecule has 0 radical (unpaired) electrons. The first kappa shape index (κ1) is 14.4. The van der Waals surface area contributed by atoms with E-state index in [-0.39, 0.29) is 16.7 Å². The molecule has 1 aromatic rings. The number of carbonyl (C=O) groups excluding carboxylic acids is 1. The molecule has 0 bridgehead atoms. The van der Waals surface area contributed by atoms with Gasteiger partial charge in [0, 0.05) is 6.07 Å². The van der Waals surface area contributed by atoms with Gasteiger partial charge in [0.1, 0.15) is 10.2 Å². The summed E-state index contributed by atoms with van der Waals surface area (Å²) in [5, 5.41) is 10.7. The summed E-state index contributed by atoms with van der Waals surface area (Å²) in [6, 6.07) is 0.836. The molecule has 0 saturated heterocycles. The monoisotopic (exact) mass is 324 g/mol. The molecule has 0 N–H and O–H groups in total. The van der Waals surface area contributed by atoms with Gasteiger partial charge in [0.15, 0.2) is 0 Å². The highest BCUT2D eigenvalue weighted by Gasteiger charge is 2.27. The van der Waals surface area contributed by atoms with Gasteiger partial charge in [-0.1, -0.05) is 0 Å². The molecule has 0 fully saturated rings. The number of carbonyl (C=O) groups is 1. The number of hydrogen-bond donors (Lipinski definition) is 0. The summed E-state index contributed by atoms with van der Waals surface area (Å²) < 4.78 is 29.3. The molecule has 0 aliphatic rings. The van der Waals surface area contributed by atoms with E-state index in [9.17, 15) is 23.7 Å². The van der Waals surface area contributed by atoms with Crippen LogP contribution in [0.15, 0.2) is 10.7 Å². The van der Waals surface area contributed by atoms with E-state index in [1.807, 2.05) is 0 Å². The Bertz CT molecular complexity index is 496. The average molecular weight is 325 g/mol. The maximum absolute atomic E-state index is 12.6. The Hall–Kier alpha value is -1.64. The minimum Gasteiger partial charge on any atom is -0.469 e. The average Bonchev–Trinajstić information content (AvgIpc) is 2.27. The van der Waals surface area contributed by atoms with Crippen molar-refractivity contribution in [3.8, 4) is 0 Å². The summed E-state index contributed by atoms with van der Waals surface area (Å²) in [6.45, 7) is 0. The summed E-state index contributed by atoms with van der Waals surface area (Å²) >= 11 is 2.73. The van der Waals surface area contributed by atoms with Crippen LogP contribution in [0.2, 0.25) is 0 Å². The lowest BCUT2D eigenvalue weighted by Crippen LogP contribution is -2.08. The van der Waals surface area contributed by atoms with Gasteiger partial charge < -0.3 is 4.74 Å². The Kier molecular flexibility index (Phi) is 4.65. The Labute approximate surface area is 108 Å². The minimum absolute atomic E-state index is 0.0233. The summed E-state index contributed by atoms with van der Waals surface area (Å²) in [5.41, 5.74) is -1.62. The van der Waals surface area contributed by atoms with Crippen molar-refractivity contribution in [2.24, 2.45) is 0 Å². The van der Waals surface area contributed by atoms with Gasteiger partial charge in [-0.15, -0.1) is 0 Å². The van der Waals surface area contributed by atoms with Gasteiger partial charge >= 0.3 is 5.97 Å². The maximum atomic E-state index is 12.6. The third-order valence-corrected chi connectivity index (χ3v) is 2.62.